The number of carbonyl (C=O) groups excluding carboxylic acids is 2. The van der Waals surface area contributed by atoms with Gasteiger partial charge in [0.15, 0.2) is 0 Å². The zero-order valence-corrected chi connectivity index (χ0v) is 10.5. The van der Waals surface area contributed by atoms with Crippen LogP contribution in [0, 0.1) is 11.8 Å². The summed E-state index contributed by atoms with van der Waals surface area (Å²) in [6, 6.07) is 0.106. The molecule has 0 radical (unpaired) electrons. The third-order valence-electron chi connectivity index (χ3n) is 3.28. The maximum Gasteiger partial charge on any atom is 0.355 e. The summed E-state index contributed by atoms with van der Waals surface area (Å²) in [6.07, 6.45) is 0.669. The molecule has 0 bridgehead atoms. The number of β-lactam (4-membered cyclic amide) rings is 1. The summed E-state index contributed by atoms with van der Waals surface area (Å²) in [5, 5.41) is 0. The van der Waals surface area contributed by atoms with Gasteiger partial charge in [0.2, 0.25) is 5.91 Å². The lowest BCUT2D eigenvalue weighted by molar-refractivity contribution is -0.158. The molecule has 88 valence electrons. The topological polar surface area (TPSA) is 46.6 Å². The molecule has 2 rings (SSSR count). The van der Waals surface area contributed by atoms with E-state index < -0.39 is 5.97 Å². The van der Waals surface area contributed by atoms with Crippen LogP contribution in [0.3, 0.4) is 0 Å². The molecule has 2 unspecified atom stereocenters. The lowest BCUT2D eigenvalue weighted by Gasteiger charge is -2.45. The molecular formula is C11H15NO3S. The molecule has 2 heterocycles. The molecule has 0 aromatic carbocycles. The minimum atomic E-state index is -0.469. The normalized spacial score (nSPS) is 28.3. The highest BCUT2D eigenvalue weighted by Crippen LogP contribution is 2.46. The minimum absolute atomic E-state index is 0.0179. The van der Waals surface area contributed by atoms with Gasteiger partial charge in [-0.25, -0.2) is 4.79 Å². The molecule has 2 atom stereocenters. The molecule has 0 N–H and O–H groups in total. The predicted molar refractivity (Wildman–Crippen MR) is 61.6 cm³/mol. The molecule has 0 saturated carbocycles. The molecule has 5 heteroatoms. The molecule has 0 spiro atoms. The van der Waals surface area contributed by atoms with Crippen molar-refractivity contribution in [1.82, 2.24) is 4.90 Å². The summed E-state index contributed by atoms with van der Waals surface area (Å²) in [4.78, 5) is 25.6. The quantitative estimate of drug-likeness (QED) is 0.449. The lowest BCUT2D eigenvalue weighted by atomic mass is 9.79. The van der Waals surface area contributed by atoms with E-state index in [2.05, 4.69) is 17.4 Å². The third-order valence-corrected chi connectivity index (χ3v) is 3.68. The number of hydrogen-bond acceptors (Lipinski definition) is 4. The van der Waals surface area contributed by atoms with E-state index in [1.807, 2.05) is 13.8 Å². The first-order valence-electron chi connectivity index (χ1n) is 5.32. The first kappa shape index (κ1) is 11.5. The van der Waals surface area contributed by atoms with Gasteiger partial charge in [-0.2, -0.15) is 0 Å². The molecule has 2 aliphatic heterocycles. The van der Waals surface area contributed by atoms with Gasteiger partial charge in [-0.15, -0.1) is 12.6 Å². The van der Waals surface area contributed by atoms with E-state index in [4.69, 9.17) is 0 Å². The Morgan fingerprint density at radius 2 is 2.19 bits per heavy atom. The first-order chi connectivity index (χ1) is 7.49. The van der Waals surface area contributed by atoms with Gasteiger partial charge in [-0.3, -0.25) is 4.79 Å². The SMILES string of the molecule is COC(=O)C1=C(S)CC2C(C(C)C)C(=O)N12. The number of hydrogen-bond donors (Lipinski definition) is 1. The van der Waals surface area contributed by atoms with Crippen LogP contribution in [-0.2, 0) is 14.3 Å². The van der Waals surface area contributed by atoms with E-state index in [1.54, 1.807) is 4.90 Å². The van der Waals surface area contributed by atoms with E-state index >= 15 is 0 Å². The van der Waals surface area contributed by atoms with Crippen molar-refractivity contribution in [3.8, 4) is 0 Å². The average molecular weight is 241 g/mol. The summed E-state index contributed by atoms with van der Waals surface area (Å²) in [6.45, 7) is 4.04. The highest BCUT2D eigenvalue weighted by atomic mass is 32.1. The number of esters is 1. The summed E-state index contributed by atoms with van der Waals surface area (Å²) < 4.78 is 4.66. The van der Waals surface area contributed by atoms with Crippen molar-refractivity contribution in [2.24, 2.45) is 11.8 Å². The lowest BCUT2D eigenvalue weighted by Crippen LogP contribution is -2.60. The number of carbonyl (C=O) groups is 2. The number of ether oxygens (including phenoxy) is 1. The number of nitrogens with zero attached hydrogens (tertiary/aromatic N) is 1. The van der Waals surface area contributed by atoms with Gasteiger partial charge < -0.3 is 9.64 Å². The van der Waals surface area contributed by atoms with E-state index in [0.717, 1.165) is 0 Å². The molecule has 4 nitrogen and oxygen atoms in total. The molecule has 1 amide bonds. The van der Waals surface area contributed by atoms with Crippen LogP contribution in [0.2, 0.25) is 0 Å². The maximum atomic E-state index is 11.9. The van der Waals surface area contributed by atoms with Crippen molar-refractivity contribution >= 4 is 24.5 Å². The van der Waals surface area contributed by atoms with Crippen LogP contribution in [-0.4, -0.2) is 29.9 Å². The van der Waals surface area contributed by atoms with Crippen LogP contribution in [0.4, 0.5) is 0 Å². The highest BCUT2D eigenvalue weighted by Gasteiger charge is 2.55. The van der Waals surface area contributed by atoms with Crippen LogP contribution in [0.1, 0.15) is 20.3 Å². The number of amides is 1. The van der Waals surface area contributed by atoms with E-state index in [0.29, 0.717) is 22.9 Å². The Bertz CT molecular complexity index is 389. The fraction of sp³-hybridized carbons (Fsp3) is 0.636. The molecule has 0 aliphatic carbocycles. The Kier molecular flexibility index (Phi) is 2.74. The predicted octanol–water partition coefficient (Wildman–Crippen LogP) is 1.19. The number of methoxy groups -OCH3 is 1. The monoisotopic (exact) mass is 241 g/mol. The molecule has 1 saturated heterocycles. The Balaban J connectivity index is 2.24. The minimum Gasteiger partial charge on any atom is -0.464 e. The Morgan fingerprint density at radius 3 is 2.69 bits per heavy atom. The number of fused-ring (bicyclic) bond motifs is 1. The van der Waals surface area contributed by atoms with E-state index in [-0.39, 0.29) is 17.9 Å². The Hall–Kier alpha value is -0.970. The summed E-state index contributed by atoms with van der Waals surface area (Å²) in [7, 11) is 1.31. The van der Waals surface area contributed by atoms with Crippen LogP contribution >= 0.6 is 12.6 Å². The van der Waals surface area contributed by atoms with Gasteiger partial charge in [0, 0.05) is 11.3 Å². The molecular weight excluding hydrogens is 226 g/mol. The van der Waals surface area contributed by atoms with Crippen molar-refractivity contribution in [2.45, 2.75) is 26.3 Å². The summed E-state index contributed by atoms with van der Waals surface area (Å²) in [5.41, 5.74) is 0.331. The summed E-state index contributed by atoms with van der Waals surface area (Å²) >= 11 is 4.27. The van der Waals surface area contributed by atoms with Crippen LogP contribution in [0.25, 0.3) is 0 Å². The van der Waals surface area contributed by atoms with Gasteiger partial charge in [0.25, 0.3) is 0 Å². The zero-order valence-electron chi connectivity index (χ0n) is 9.56. The fourth-order valence-electron chi connectivity index (χ4n) is 2.54. The second kappa shape index (κ2) is 3.80. The van der Waals surface area contributed by atoms with Gasteiger partial charge in [0.05, 0.1) is 19.1 Å². The molecule has 1 fully saturated rings. The van der Waals surface area contributed by atoms with Crippen molar-refractivity contribution in [1.29, 1.82) is 0 Å². The van der Waals surface area contributed by atoms with Crippen LogP contribution in [0.5, 0.6) is 0 Å². The fourth-order valence-corrected chi connectivity index (χ4v) is 2.92. The highest BCUT2D eigenvalue weighted by molar-refractivity contribution is 7.84. The van der Waals surface area contributed by atoms with Crippen molar-refractivity contribution in [3.63, 3.8) is 0 Å². The molecule has 0 aromatic rings. The second-order valence-electron chi connectivity index (χ2n) is 4.54. The summed E-state index contributed by atoms with van der Waals surface area (Å²) in [5.74, 6) is -0.135. The maximum absolute atomic E-state index is 11.9. The molecule has 2 aliphatic rings. The van der Waals surface area contributed by atoms with E-state index in [9.17, 15) is 9.59 Å². The average Bonchev–Trinajstić information content (AvgIpc) is 2.50. The molecule has 16 heavy (non-hydrogen) atoms. The standard InChI is InChI=1S/C11H15NO3S/c1-5(2)8-6-4-7(16)9(11(14)15-3)12(6)10(8)13/h5-6,8,16H,4H2,1-3H3. The molecule has 0 aromatic heterocycles. The van der Waals surface area contributed by atoms with Crippen molar-refractivity contribution in [3.05, 3.63) is 10.6 Å². The van der Waals surface area contributed by atoms with E-state index in [1.165, 1.54) is 7.11 Å². The number of rotatable bonds is 2. The smallest absolute Gasteiger partial charge is 0.355 e. The third kappa shape index (κ3) is 1.38. The largest absolute Gasteiger partial charge is 0.464 e. The first-order valence-corrected chi connectivity index (χ1v) is 5.77. The van der Waals surface area contributed by atoms with Gasteiger partial charge in [-0.05, 0) is 5.92 Å². The second-order valence-corrected chi connectivity index (χ2v) is 5.08. The van der Waals surface area contributed by atoms with Gasteiger partial charge in [0.1, 0.15) is 5.70 Å². The number of thiol groups is 1. The van der Waals surface area contributed by atoms with Crippen molar-refractivity contribution < 1.29 is 14.3 Å². The van der Waals surface area contributed by atoms with Crippen LogP contribution < -0.4 is 0 Å². The van der Waals surface area contributed by atoms with Crippen molar-refractivity contribution in [2.75, 3.05) is 7.11 Å². The Morgan fingerprint density at radius 1 is 1.56 bits per heavy atom. The Labute approximate surface area is 100 Å². The zero-order chi connectivity index (χ0) is 12.0. The van der Waals surface area contributed by atoms with Crippen LogP contribution in [0.15, 0.2) is 10.6 Å². The van der Waals surface area contributed by atoms with Gasteiger partial charge >= 0.3 is 5.97 Å². The van der Waals surface area contributed by atoms with Gasteiger partial charge in [-0.1, -0.05) is 13.8 Å².